The molecule has 0 spiro atoms. The number of benzene rings is 2. The van der Waals surface area contributed by atoms with E-state index < -0.39 is 0 Å². The Bertz CT molecular complexity index is 1240. The van der Waals surface area contributed by atoms with Gasteiger partial charge in [-0.2, -0.15) is 0 Å². The van der Waals surface area contributed by atoms with E-state index in [0.29, 0.717) is 30.0 Å². The van der Waals surface area contributed by atoms with Gasteiger partial charge in [-0.3, -0.25) is 9.20 Å². The Kier molecular flexibility index (Phi) is 6.28. The van der Waals surface area contributed by atoms with Crippen molar-refractivity contribution in [2.45, 2.75) is 26.2 Å². The summed E-state index contributed by atoms with van der Waals surface area (Å²) < 4.78 is 14.8. The second kappa shape index (κ2) is 9.27. The molecule has 0 saturated carbocycles. The lowest BCUT2D eigenvalue weighted by molar-refractivity contribution is 0.0976. The monoisotopic (exact) mass is 432 g/mol. The Balaban J connectivity index is 1.44. The fourth-order valence-corrected chi connectivity index (χ4v) is 3.71. The van der Waals surface area contributed by atoms with Gasteiger partial charge in [0.05, 0.1) is 10.7 Å². The van der Waals surface area contributed by atoms with E-state index in [0.717, 1.165) is 28.0 Å². The van der Waals surface area contributed by atoms with Crippen LogP contribution in [0.15, 0.2) is 66.9 Å². The number of aromatic nitrogens is 2. The zero-order chi connectivity index (χ0) is 21.8. The van der Waals surface area contributed by atoms with E-state index in [4.69, 9.17) is 11.6 Å². The quantitative estimate of drug-likeness (QED) is 0.241. The van der Waals surface area contributed by atoms with E-state index >= 15 is 0 Å². The van der Waals surface area contributed by atoms with Crippen molar-refractivity contribution in [1.29, 1.82) is 0 Å². The lowest BCUT2D eigenvalue weighted by Gasteiger charge is -2.05. The van der Waals surface area contributed by atoms with Gasteiger partial charge in [-0.05, 0) is 53.8 Å². The summed E-state index contributed by atoms with van der Waals surface area (Å²) in [6, 6.07) is 18.1. The van der Waals surface area contributed by atoms with Crippen LogP contribution >= 0.6 is 11.6 Å². The molecular weight excluding hydrogens is 411 g/mol. The molecular formula is C26H22ClFN2O. The van der Waals surface area contributed by atoms with Crippen LogP contribution in [0.2, 0.25) is 5.02 Å². The minimum absolute atomic E-state index is 0.0619. The first-order valence-electron chi connectivity index (χ1n) is 10.3. The fourth-order valence-electron chi connectivity index (χ4n) is 3.55. The van der Waals surface area contributed by atoms with E-state index in [1.165, 1.54) is 12.1 Å². The highest BCUT2D eigenvalue weighted by Crippen LogP contribution is 2.20. The molecule has 0 radical (unpaired) electrons. The van der Waals surface area contributed by atoms with Crippen LogP contribution in [-0.2, 0) is 12.8 Å². The van der Waals surface area contributed by atoms with Crippen LogP contribution < -0.4 is 0 Å². The number of hydrogen-bond acceptors (Lipinski definition) is 2. The van der Waals surface area contributed by atoms with Crippen molar-refractivity contribution in [3.8, 4) is 0 Å². The fraction of sp³-hybridized carbons (Fsp3) is 0.154. The maximum atomic E-state index is 13.0. The predicted octanol–water partition coefficient (Wildman–Crippen LogP) is 6.68. The van der Waals surface area contributed by atoms with E-state index in [-0.39, 0.29) is 11.6 Å². The molecule has 0 aliphatic carbocycles. The molecule has 4 rings (SSSR count). The summed E-state index contributed by atoms with van der Waals surface area (Å²) in [7, 11) is 0. The molecule has 0 saturated heterocycles. The van der Waals surface area contributed by atoms with E-state index in [1.54, 1.807) is 28.8 Å². The number of rotatable bonds is 7. The van der Waals surface area contributed by atoms with Gasteiger partial charge in [-0.1, -0.05) is 67.1 Å². The van der Waals surface area contributed by atoms with Gasteiger partial charge in [0.15, 0.2) is 5.78 Å². The molecule has 4 aromatic rings. The number of pyridine rings is 1. The van der Waals surface area contributed by atoms with Crippen LogP contribution in [-0.4, -0.2) is 15.2 Å². The maximum absolute atomic E-state index is 13.0. The van der Waals surface area contributed by atoms with Gasteiger partial charge in [0, 0.05) is 12.6 Å². The number of hydrogen-bond donors (Lipinski definition) is 0. The number of ketones is 1. The third-order valence-electron chi connectivity index (χ3n) is 5.21. The summed E-state index contributed by atoms with van der Waals surface area (Å²) >= 11 is 6.13. The van der Waals surface area contributed by atoms with Gasteiger partial charge in [0.1, 0.15) is 17.2 Å². The van der Waals surface area contributed by atoms with Gasteiger partial charge in [0.25, 0.3) is 0 Å². The summed E-state index contributed by atoms with van der Waals surface area (Å²) in [6.07, 6.45) is 7.42. The molecule has 31 heavy (non-hydrogen) atoms. The molecule has 3 nitrogen and oxygen atoms in total. The summed E-state index contributed by atoms with van der Waals surface area (Å²) in [5.74, 6) is -0.180. The molecule has 0 aliphatic heterocycles. The molecule has 5 heteroatoms. The van der Waals surface area contributed by atoms with Crippen molar-refractivity contribution in [3.63, 3.8) is 0 Å². The van der Waals surface area contributed by atoms with Crippen molar-refractivity contribution in [3.05, 3.63) is 106 Å². The number of fused-ring (bicyclic) bond motifs is 1. The van der Waals surface area contributed by atoms with Crippen molar-refractivity contribution < 1.29 is 9.18 Å². The zero-order valence-corrected chi connectivity index (χ0v) is 17.9. The Hall–Kier alpha value is -3.24. The van der Waals surface area contributed by atoms with Crippen molar-refractivity contribution in [2.75, 3.05) is 0 Å². The number of nitrogens with zero attached hydrogens (tertiary/aromatic N) is 2. The van der Waals surface area contributed by atoms with Crippen molar-refractivity contribution in [2.24, 2.45) is 0 Å². The zero-order valence-electron chi connectivity index (χ0n) is 17.2. The Morgan fingerprint density at radius 1 is 1.00 bits per heavy atom. The third kappa shape index (κ3) is 4.92. The number of halogens is 2. The first-order valence-corrected chi connectivity index (χ1v) is 10.6. The van der Waals surface area contributed by atoms with Crippen LogP contribution in [0.4, 0.5) is 4.39 Å². The average molecular weight is 433 g/mol. The molecule has 0 bridgehead atoms. The first kappa shape index (κ1) is 21.0. The summed E-state index contributed by atoms with van der Waals surface area (Å²) in [4.78, 5) is 17.6. The standard InChI is InChI=1S/C26H22ClFN2O/c1-2-23-26(30-17-21(27)12-16-25(30)29-23)24(31)15-11-19-6-3-18(4-7-19)5-8-20-9-13-22(28)14-10-20/h3-10,12-14,16-17H,2,11,15H2,1H3/b8-5+. The second-order valence-corrected chi connectivity index (χ2v) is 7.82. The molecule has 0 N–H and O–H groups in total. The lowest BCUT2D eigenvalue weighted by atomic mass is 10.0. The van der Waals surface area contributed by atoms with Gasteiger partial charge in [-0.15, -0.1) is 0 Å². The SMILES string of the molecule is CCc1nc2ccc(Cl)cn2c1C(=O)CCc1ccc(/C=C/c2ccc(F)cc2)cc1. The topological polar surface area (TPSA) is 34.4 Å². The first-order chi connectivity index (χ1) is 15.0. The highest BCUT2D eigenvalue weighted by atomic mass is 35.5. The largest absolute Gasteiger partial charge is 0.295 e. The van der Waals surface area contributed by atoms with Crippen molar-refractivity contribution in [1.82, 2.24) is 9.38 Å². The summed E-state index contributed by atoms with van der Waals surface area (Å²) in [6.45, 7) is 2.00. The minimum Gasteiger partial charge on any atom is -0.295 e. The summed E-state index contributed by atoms with van der Waals surface area (Å²) in [5, 5.41) is 0.575. The third-order valence-corrected chi connectivity index (χ3v) is 5.44. The summed E-state index contributed by atoms with van der Waals surface area (Å²) in [5.41, 5.74) is 5.24. The Morgan fingerprint density at radius 2 is 1.65 bits per heavy atom. The Morgan fingerprint density at radius 3 is 2.29 bits per heavy atom. The normalized spacial score (nSPS) is 11.5. The van der Waals surface area contributed by atoms with E-state index in [9.17, 15) is 9.18 Å². The van der Waals surface area contributed by atoms with E-state index in [1.807, 2.05) is 49.4 Å². The van der Waals surface area contributed by atoms with E-state index in [2.05, 4.69) is 4.98 Å². The molecule has 0 fully saturated rings. The molecule has 0 aliphatic rings. The number of imidazole rings is 1. The predicted molar refractivity (Wildman–Crippen MR) is 124 cm³/mol. The highest BCUT2D eigenvalue weighted by Gasteiger charge is 2.18. The molecule has 0 amide bonds. The van der Waals surface area contributed by atoms with Crippen LogP contribution in [0.5, 0.6) is 0 Å². The van der Waals surface area contributed by atoms with Crippen LogP contribution in [0, 0.1) is 5.82 Å². The molecule has 0 unspecified atom stereocenters. The second-order valence-electron chi connectivity index (χ2n) is 7.39. The lowest BCUT2D eigenvalue weighted by Crippen LogP contribution is -2.08. The van der Waals surface area contributed by atoms with Gasteiger partial charge < -0.3 is 0 Å². The maximum Gasteiger partial charge on any atom is 0.181 e. The molecule has 2 aromatic heterocycles. The minimum atomic E-state index is -0.242. The number of carbonyl (C=O) groups excluding carboxylic acids is 1. The molecule has 156 valence electrons. The van der Waals surface area contributed by atoms with Crippen LogP contribution in [0.1, 0.15) is 46.2 Å². The molecule has 2 heterocycles. The number of carbonyl (C=O) groups is 1. The molecule has 2 aromatic carbocycles. The highest BCUT2D eigenvalue weighted by molar-refractivity contribution is 6.30. The van der Waals surface area contributed by atoms with Crippen LogP contribution in [0.3, 0.4) is 0 Å². The average Bonchev–Trinajstić information content (AvgIpc) is 3.15. The number of Topliss-reactive ketones (excluding diaryl/α,β-unsaturated/α-hetero) is 1. The smallest absolute Gasteiger partial charge is 0.181 e. The number of aryl methyl sites for hydroxylation is 2. The Labute approximate surface area is 185 Å². The van der Waals surface area contributed by atoms with Gasteiger partial charge in [0.2, 0.25) is 0 Å². The van der Waals surface area contributed by atoms with Gasteiger partial charge in [-0.25, -0.2) is 9.37 Å². The van der Waals surface area contributed by atoms with Crippen LogP contribution in [0.25, 0.3) is 17.8 Å². The van der Waals surface area contributed by atoms with Gasteiger partial charge >= 0.3 is 0 Å². The molecule has 0 atom stereocenters. The van der Waals surface area contributed by atoms with Crippen molar-refractivity contribution >= 4 is 35.2 Å².